The molecule has 39 heavy (non-hydrogen) atoms. The van der Waals surface area contributed by atoms with Gasteiger partial charge in [0, 0.05) is 18.4 Å². The molecule has 0 radical (unpaired) electrons. The monoisotopic (exact) mass is 534 g/mol. The van der Waals surface area contributed by atoms with Crippen LogP contribution in [0, 0.1) is 62.1 Å². The van der Waals surface area contributed by atoms with Crippen LogP contribution in [0.15, 0.2) is 23.3 Å². The Morgan fingerprint density at radius 3 is 2.33 bits per heavy atom. The topological polar surface area (TPSA) is 113 Å². The van der Waals surface area contributed by atoms with Crippen LogP contribution >= 0.6 is 0 Å². The van der Waals surface area contributed by atoms with E-state index in [1.165, 1.54) is 14.2 Å². The highest BCUT2D eigenvalue weighted by molar-refractivity contribution is 6.16. The van der Waals surface area contributed by atoms with Crippen LogP contribution in [0.2, 0.25) is 0 Å². The molecule has 3 saturated carbocycles. The van der Waals surface area contributed by atoms with Crippen molar-refractivity contribution in [2.45, 2.75) is 79.6 Å². The van der Waals surface area contributed by atoms with E-state index in [2.05, 4.69) is 32.2 Å². The minimum absolute atomic E-state index is 0.0121. The van der Waals surface area contributed by atoms with E-state index in [1.807, 2.05) is 6.92 Å². The third-order valence-electron chi connectivity index (χ3n) is 12.1. The highest BCUT2D eigenvalue weighted by atomic mass is 16.5. The van der Waals surface area contributed by atoms with Crippen molar-refractivity contribution in [1.29, 1.82) is 5.26 Å². The smallest absolute Gasteiger partial charge is 0.312 e. The number of fused-ring (bicyclic) bond motifs is 7. The van der Waals surface area contributed by atoms with Gasteiger partial charge in [-0.15, -0.1) is 0 Å². The quantitative estimate of drug-likeness (QED) is 0.405. The zero-order valence-electron chi connectivity index (χ0n) is 24.4. The summed E-state index contributed by atoms with van der Waals surface area (Å²) in [4.78, 5) is 54.3. The Hall–Kier alpha value is -2.75. The zero-order chi connectivity index (χ0) is 28.8. The van der Waals surface area contributed by atoms with Crippen molar-refractivity contribution in [2.75, 3.05) is 14.2 Å². The van der Waals surface area contributed by atoms with Gasteiger partial charge in [0.15, 0.2) is 11.6 Å². The normalized spacial score (nSPS) is 44.3. The number of carbonyl (C=O) groups excluding carboxylic acids is 4. The molecule has 0 aliphatic heterocycles. The van der Waals surface area contributed by atoms with Crippen LogP contribution in [0.3, 0.4) is 0 Å². The maximum absolute atomic E-state index is 14.3. The van der Waals surface area contributed by atoms with E-state index >= 15 is 0 Å². The Bertz CT molecular complexity index is 1270. The Kier molecular flexibility index (Phi) is 6.15. The molecule has 0 bridgehead atoms. The number of allylic oxidation sites excluding steroid dienone is 4. The molecule has 5 aliphatic carbocycles. The van der Waals surface area contributed by atoms with Crippen molar-refractivity contribution in [3.63, 3.8) is 0 Å². The lowest BCUT2D eigenvalue weighted by molar-refractivity contribution is -0.178. The molecular formula is C32H42N2O5. The zero-order valence-corrected chi connectivity index (χ0v) is 24.4. The van der Waals surface area contributed by atoms with E-state index < -0.39 is 27.9 Å². The van der Waals surface area contributed by atoms with Crippen molar-refractivity contribution >= 4 is 23.4 Å². The number of nitrogens with zero attached hydrogens (tertiary/aromatic N) is 1. The summed E-state index contributed by atoms with van der Waals surface area (Å²) in [6, 6.07) is 2.06. The van der Waals surface area contributed by atoms with Crippen LogP contribution in [0.5, 0.6) is 0 Å². The molecule has 0 aromatic rings. The van der Waals surface area contributed by atoms with Crippen LogP contribution < -0.4 is 5.32 Å². The highest BCUT2D eigenvalue weighted by Crippen LogP contribution is 2.70. The summed E-state index contributed by atoms with van der Waals surface area (Å²) in [5, 5.41) is 12.6. The minimum Gasteiger partial charge on any atom is -0.469 e. The summed E-state index contributed by atoms with van der Waals surface area (Å²) in [7, 11) is 2.97. The number of ether oxygens (including phenoxy) is 1. The molecule has 4 unspecified atom stereocenters. The molecule has 1 N–H and O–H groups in total. The lowest BCUT2D eigenvalue weighted by atomic mass is 9.38. The molecule has 7 heteroatoms. The van der Waals surface area contributed by atoms with Gasteiger partial charge in [-0.05, 0) is 86.5 Å². The van der Waals surface area contributed by atoms with E-state index in [0.29, 0.717) is 12.8 Å². The third-order valence-corrected chi connectivity index (χ3v) is 12.1. The number of nitriles is 1. The number of rotatable bonds is 2. The molecule has 3 fully saturated rings. The maximum atomic E-state index is 14.3. The first-order chi connectivity index (χ1) is 18.2. The molecule has 5 aliphatic rings. The molecule has 8 atom stereocenters. The number of amides is 1. The van der Waals surface area contributed by atoms with Gasteiger partial charge < -0.3 is 10.1 Å². The number of nitrogens with one attached hydrogen (secondary N) is 1. The molecule has 0 aromatic heterocycles. The standard InChI is InChI=1S/C32H42N2O5/c1-28(2)12-13-32(27(38)39-7)11-8-19-24(20(32)16-28)21(35)14-23-29(19,3)10-9-22-30(23,4)15-18(17-33)25(36)31(22,5)26(37)34-6/h14-15,19-20,22,24H,8-13,16H2,1-7H3,(H,34,37)/t19?,20?,22?,24?,29-,30-,31-,32+/m0/s1. The lowest BCUT2D eigenvalue weighted by Gasteiger charge is -2.64. The van der Waals surface area contributed by atoms with Gasteiger partial charge in [-0.2, -0.15) is 5.26 Å². The average molecular weight is 535 g/mol. The molecule has 1 amide bonds. The largest absolute Gasteiger partial charge is 0.469 e. The maximum Gasteiger partial charge on any atom is 0.312 e. The van der Waals surface area contributed by atoms with Gasteiger partial charge >= 0.3 is 5.97 Å². The van der Waals surface area contributed by atoms with Gasteiger partial charge in [-0.25, -0.2) is 0 Å². The van der Waals surface area contributed by atoms with Crippen molar-refractivity contribution in [1.82, 2.24) is 5.32 Å². The summed E-state index contributed by atoms with van der Waals surface area (Å²) in [6.45, 7) is 10.4. The van der Waals surface area contributed by atoms with Gasteiger partial charge in [0.1, 0.15) is 11.5 Å². The first-order valence-electron chi connectivity index (χ1n) is 14.4. The first-order valence-corrected chi connectivity index (χ1v) is 14.4. The predicted octanol–water partition coefficient (Wildman–Crippen LogP) is 4.71. The fourth-order valence-electron chi connectivity index (χ4n) is 10.1. The molecule has 0 heterocycles. The molecule has 210 valence electrons. The van der Waals surface area contributed by atoms with Gasteiger partial charge in [-0.1, -0.05) is 39.3 Å². The summed E-state index contributed by atoms with van der Waals surface area (Å²) in [5.74, 6) is -1.67. The van der Waals surface area contributed by atoms with Crippen LogP contribution in [0.25, 0.3) is 0 Å². The number of ketones is 2. The summed E-state index contributed by atoms with van der Waals surface area (Å²) < 4.78 is 5.37. The van der Waals surface area contributed by atoms with Crippen molar-refractivity contribution in [2.24, 2.45) is 50.7 Å². The second-order valence-electron chi connectivity index (χ2n) is 14.3. The fraction of sp³-hybridized carbons (Fsp3) is 0.719. The first kappa shape index (κ1) is 27.8. The van der Waals surface area contributed by atoms with Gasteiger partial charge in [0.2, 0.25) is 5.91 Å². The molecular weight excluding hydrogens is 492 g/mol. The fourth-order valence-corrected chi connectivity index (χ4v) is 10.1. The SMILES string of the molecule is CNC(=O)[C@]1(C)C(=O)C(C#N)=C[C@]2(C)C3=CC(=O)C4C5CC(C)(C)CC[C@]5(C(=O)OC)CCC4[C@]3(C)CCC12. The Morgan fingerprint density at radius 2 is 1.72 bits per heavy atom. The second kappa shape index (κ2) is 8.62. The van der Waals surface area contributed by atoms with Crippen molar-refractivity contribution in [3.05, 3.63) is 23.3 Å². The summed E-state index contributed by atoms with van der Waals surface area (Å²) in [6.07, 6.45) is 8.81. The number of hydrogen-bond donors (Lipinski definition) is 1. The number of esters is 1. The summed E-state index contributed by atoms with van der Waals surface area (Å²) in [5.41, 5.74) is -2.22. The second-order valence-corrected chi connectivity index (χ2v) is 14.3. The molecule has 5 rings (SSSR count). The van der Waals surface area contributed by atoms with Crippen LogP contribution in [-0.2, 0) is 23.9 Å². The molecule has 0 saturated heterocycles. The summed E-state index contributed by atoms with van der Waals surface area (Å²) >= 11 is 0. The average Bonchev–Trinajstić information content (AvgIpc) is 2.90. The van der Waals surface area contributed by atoms with E-state index in [1.54, 1.807) is 19.1 Å². The lowest BCUT2D eigenvalue weighted by Crippen LogP contribution is -2.63. The minimum atomic E-state index is -1.40. The Labute approximate surface area is 231 Å². The van der Waals surface area contributed by atoms with Gasteiger partial charge in [0.05, 0.1) is 18.1 Å². The van der Waals surface area contributed by atoms with E-state index in [-0.39, 0.29) is 51.8 Å². The van der Waals surface area contributed by atoms with Gasteiger partial charge in [-0.3, -0.25) is 19.2 Å². The van der Waals surface area contributed by atoms with Gasteiger partial charge in [0.25, 0.3) is 0 Å². The third kappa shape index (κ3) is 3.45. The highest BCUT2D eigenvalue weighted by Gasteiger charge is 2.68. The van der Waals surface area contributed by atoms with E-state index in [0.717, 1.165) is 37.7 Å². The molecule has 0 aromatic carbocycles. The number of carbonyl (C=O) groups is 4. The number of methoxy groups -OCH3 is 1. The molecule has 0 spiro atoms. The van der Waals surface area contributed by atoms with Crippen molar-refractivity contribution < 1.29 is 23.9 Å². The van der Waals surface area contributed by atoms with E-state index in [4.69, 9.17) is 4.74 Å². The number of Topliss-reactive ketones (excluding diaryl/α,β-unsaturated/α-hetero) is 1. The van der Waals surface area contributed by atoms with E-state index in [9.17, 15) is 24.4 Å². The Balaban J connectivity index is 1.67. The predicted molar refractivity (Wildman–Crippen MR) is 145 cm³/mol. The molecule has 7 nitrogen and oxygen atoms in total. The number of hydrogen-bond acceptors (Lipinski definition) is 6. The van der Waals surface area contributed by atoms with Crippen molar-refractivity contribution in [3.8, 4) is 6.07 Å². The van der Waals surface area contributed by atoms with Crippen LogP contribution in [-0.4, -0.2) is 37.6 Å². The van der Waals surface area contributed by atoms with Crippen LogP contribution in [0.1, 0.15) is 79.6 Å². The Morgan fingerprint density at radius 1 is 1.03 bits per heavy atom. The van der Waals surface area contributed by atoms with Crippen LogP contribution in [0.4, 0.5) is 0 Å².